The highest BCUT2D eigenvalue weighted by molar-refractivity contribution is 6.06. The summed E-state index contributed by atoms with van der Waals surface area (Å²) in [6.45, 7) is 1.46. The monoisotopic (exact) mass is 278 g/mol. The molecule has 0 fully saturated rings. The molecule has 21 heavy (non-hydrogen) atoms. The van der Waals surface area contributed by atoms with E-state index in [9.17, 15) is 9.59 Å². The molecule has 3 rings (SSSR count). The number of amides is 1. The van der Waals surface area contributed by atoms with Crippen LogP contribution < -0.4 is 5.32 Å². The molecule has 3 aromatic rings. The Kier molecular flexibility index (Phi) is 3.28. The van der Waals surface area contributed by atoms with Gasteiger partial charge >= 0.3 is 0 Å². The lowest BCUT2D eigenvalue weighted by Crippen LogP contribution is -2.10. The minimum absolute atomic E-state index is 0.0921. The second-order valence-electron chi connectivity index (χ2n) is 4.78. The predicted octanol–water partition coefficient (Wildman–Crippen LogP) is 3.29. The zero-order chi connectivity index (χ0) is 14.8. The first-order valence-electron chi connectivity index (χ1n) is 6.64. The number of hydrogen-bond acceptors (Lipinski definition) is 2. The van der Waals surface area contributed by atoms with Gasteiger partial charge in [-0.05, 0) is 30.3 Å². The van der Waals surface area contributed by atoms with Gasteiger partial charge in [-0.25, -0.2) is 0 Å². The molecule has 0 aliphatic carbocycles. The lowest BCUT2D eigenvalue weighted by molar-refractivity contribution is -0.114. The summed E-state index contributed by atoms with van der Waals surface area (Å²) in [4.78, 5) is 23.8. The van der Waals surface area contributed by atoms with Gasteiger partial charge in [-0.15, -0.1) is 0 Å². The number of anilines is 1. The van der Waals surface area contributed by atoms with Gasteiger partial charge in [-0.1, -0.05) is 24.3 Å². The highest BCUT2D eigenvalue weighted by Gasteiger charge is 2.13. The third kappa shape index (κ3) is 2.43. The van der Waals surface area contributed by atoms with Crippen molar-refractivity contribution in [3.8, 4) is 0 Å². The fourth-order valence-corrected chi connectivity index (χ4v) is 2.36. The van der Waals surface area contributed by atoms with Crippen LogP contribution in [0.3, 0.4) is 0 Å². The van der Waals surface area contributed by atoms with Gasteiger partial charge in [0.2, 0.25) is 5.91 Å². The first-order valence-corrected chi connectivity index (χ1v) is 6.64. The van der Waals surface area contributed by atoms with Crippen LogP contribution in [0, 0.1) is 0 Å². The molecule has 1 amide bonds. The number of carbonyl (C=O) groups excluding carboxylic acids is 2. The zero-order valence-electron chi connectivity index (χ0n) is 11.5. The van der Waals surface area contributed by atoms with E-state index < -0.39 is 0 Å². The van der Waals surface area contributed by atoms with E-state index in [0.717, 1.165) is 10.9 Å². The molecule has 1 heterocycles. The topological polar surface area (TPSA) is 51.1 Å². The first-order chi connectivity index (χ1) is 10.2. The summed E-state index contributed by atoms with van der Waals surface area (Å²) in [5.41, 5.74) is 2.11. The smallest absolute Gasteiger partial charge is 0.262 e. The summed E-state index contributed by atoms with van der Waals surface area (Å²) < 4.78 is 1.59. The molecule has 104 valence electrons. The van der Waals surface area contributed by atoms with Crippen LogP contribution in [0.4, 0.5) is 5.69 Å². The molecular weight excluding hydrogens is 264 g/mol. The van der Waals surface area contributed by atoms with Gasteiger partial charge in [-0.2, -0.15) is 0 Å². The quantitative estimate of drug-likeness (QED) is 0.782. The van der Waals surface area contributed by atoms with Crippen molar-refractivity contribution in [3.63, 3.8) is 0 Å². The minimum Gasteiger partial charge on any atom is -0.326 e. The molecule has 1 N–H and O–H groups in total. The van der Waals surface area contributed by atoms with Crippen LogP contribution in [0.2, 0.25) is 0 Å². The molecule has 4 heteroatoms. The number of hydrogen-bond donors (Lipinski definition) is 1. The van der Waals surface area contributed by atoms with Crippen molar-refractivity contribution in [3.05, 3.63) is 66.4 Å². The standard InChI is InChI=1S/C17H14N2O2/c1-12(20)18-15-8-5-9-16-14(15)10-11-19(16)17(21)13-6-3-2-4-7-13/h2-11H,1H3,(H,18,20). The van der Waals surface area contributed by atoms with Crippen molar-refractivity contribution in [2.75, 3.05) is 5.32 Å². The van der Waals surface area contributed by atoms with E-state index in [-0.39, 0.29) is 11.8 Å². The van der Waals surface area contributed by atoms with Gasteiger partial charge in [0, 0.05) is 24.1 Å². The number of carbonyl (C=O) groups is 2. The van der Waals surface area contributed by atoms with Gasteiger partial charge in [-0.3, -0.25) is 14.2 Å². The zero-order valence-corrected chi connectivity index (χ0v) is 11.5. The highest BCUT2D eigenvalue weighted by Crippen LogP contribution is 2.25. The van der Waals surface area contributed by atoms with E-state index in [0.29, 0.717) is 11.3 Å². The van der Waals surface area contributed by atoms with E-state index >= 15 is 0 Å². The maximum absolute atomic E-state index is 12.5. The Morgan fingerprint density at radius 2 is 1.71 bits per heavy atom. The number of aromatic nitrogens is 1. The van der Waals surface area contributed by atoms with E-state index in [1.54, 1.807) is 22.9 Å². The number of rotatable bonds is 2. The van der Waals surface area contributed by atoms with Crippen LogP contribution in [0.1, 0.15) is 17.3 Å². The van der Waals surface area contributed by atoms with Crippen molar-refractivity contribution in [1.29, 1.82) is 0 Å². The summed E-state index contributed by atoms with van der Waals surface area (Å²) >= 11 is 0. The lowest BCUT2D eigenvalue weighted by Gasteiger charge is -2.06. The minimum atomic E-state index is -0.135. The fourth-order valence-electron chi connectivity index (χ4n) is 2.36. The molecule has 2 aromatic carbocycles. The van der Waals surface area contributed by atoms with E-state index in [4.69, 9.17) is 0 Å². The van der Waals surface area contributed by atoms with Crippen molar-refractivity contribution in [2.24, 2.45) is 0 Å². The highest BCUT2D eigenvalue weighted by atomic mass is 16.2. The third-order valence-electron chi connectivity index (χ3n) is 3.28. The maximum atomic E-state index is 12.5. The van der Waals surface area contributed by atoms with Crippen LogP contribution >= 0.6 is 0 Å². The molecule has 1 aromatic heterocycles. The van der Waals surface area contributed by atoms with Gasteiger partial charge in [0.05, 0.1) is 11.2 Å². The molecule has 0 aliphatic rings. The molecule has 0 saturated heterocycles. The van der Waals surface area contributed by atoms with Crippen molar-refractivity contribution in [1.82, 2.24) is 4.57 Å². The normalized spacial score (nSPS) is 10.5. The van der Waals surface area contributed by atoms with Crippen LogP contribution in [0.5, 0.6) is 0 Å². The summed E-state index contributed by atoms with van der Waals surface area (Å²) in [6.07, 6.45) is 1.73. The van der Waals surface area contributed by atoms with E-state index in [2.05, 4.69) is 5.32 Å². The Bertz CT molecular complexity index is 819. The maximum Gasteiger partial charge on any atom is 0.262 e. The molecule has 0 saturated carbocycles. The summed E-state index contributed by atoms with van der Waals surface area (Å²) in [7, 11) is 0. The van der Waals surface area contributed by atoms with E-state index in [1.165, 1.54) is 6.92 Å². The number of nitrogens with zero attached hydrogens (tertiary/aromatic N) is 1. The Hall–Kier alpha value is -2.88. The Labute approximate surface area is 122 Å². The van der Waals surface area contributed by atoms with Gasteiger partial charge < -0.3 is 5.32 Å². The van der Waals surface area contributed by atoms with Crippen molar-refractivity contribution >= 4 is 28.4 Å². The third-order valence-corrected chi connectivity index (χ3v) is 3.28. The molecule has 0 atom stereocenters. The number of fused-ring (bicyclic) bond motifs is 1. The van der Waals surface area contributed by atoms with Crippen LogP contribution in [0.25, 0.3) is 10.9 Å². The molecule has 0 radical (unpaired) electrons. The van der Waals surface area contributed by atoms with Crippen LogP contribution in [0.15, 0.2) is 60.8 Å². The summed E-state index contributed by atoms with van der Waals surface area (Å²) in [5.74, 6) is -0.227. The van der Waals surface area contributed by atoms with Gasteiger partial charge in [0.1, 0.15) is 0 Å². The molecule has 0 spiro atoms. The molecule has 0 bridgehead atoms. The molecule has 0 aliphatic heterocycles. The average molecular weight is 278 g/mol. The fraction of sp³-hybridized carbons (Fsp3) is 0.0588. The predicted molar refractivity (Wildman–Crippen MR) is 82.4 cm³/mol. The number of nitrogens with one attached hydrogen (secondary N) is 1. The van der Waals surface area contributed by atoms with Crippen molar-refractivity contribution in [2.45, 2.75) is 6.92 Å². The number of benzene rings is 2. The first kappa shape index (κ1) is 13.1. The Morgan fingerprint density at radius 1 is 0.952 bits per heavy atom. The lowest BCUT2D eigenvalue weighted by atomic mass is 10.2. The summed E-state index contributed by atoms with van der Waals surface area (Å²) in [5, 5.41) is 3.62. The van der Waals surface area contributed by atoms with E-state index in [1.807, 2.05) is 42.5 Å². The largest absolute Gasteiger partial charge is 0.326 e. The second kappa shape index (κ2) is 5.25. The van der Waals surface area contributed by atoms with Crippen LogP contribution in [-0.4, -0.2) is 16.4 Å². The Morgan fingerprint density at radius 3 is 2.43 bits per heavy atom. The molecule has 4 nitrogen and oxygen atoms in total. The molecule has 0 unspecified atom stereocenters. The van der Waals surface area contributed by atoms with Crippen LogP contribution in [-0.2, 0) is 4.79 Å². The average Bonchev–Trinajstić information content (AvgIpc) is 2.92. The second-order valence-corrected chi connectivity index (χ2v) is 4.78. The SMILES string of the molecule is CC(=O)Nc1cccc2c1ccn2C(=O)c1ccccc1. The van der Waals surface area contributed by atoms with Gasteiger partial charge in [0.15, 0.2) is 0 Å². The molecular formula is C17H14N2O2. The van der Waals surface area contributed by atoms with Gasteiger partial charge in [0.25, 0.3) is 5.91 Å². The van der Waals surface area contributed by atoms with Crippen molar-refractivity contribution < 1.29 is 9.59 Å². The summed E-state index contributed by atoms with van der Waals surface area (Å²) in [6, 6.07) is 16.5. The Balaban J connectivity index is 2.09.